The molecular formula is C21H19N2NaO4S. The molecule has 4 rings (SSSR count). The second kappa shape index (κ2) is 7.72. The number of nitrogens with zero attached hydrogens (tertiary/aromatic N) is 1. The summed E-state index contributed by atoms with van der Waals surface area (Å²) in [5.74, 6) is -1.11. The Morgan fingerprint density at radius 3 is 2.48 bits per heavy atom. The summed E-state index contributed by atoms with van der Waals surface area (Å²) in [6, 6.07) is 13.3. The fourth-order valence-corrected chi connectivity index (χ4v) is 5.11. The van der Waals surface area contributed by atoms with E-state index in [-0.39, 0.29) is 45.9 Å². The minimum Gasteiger partial charge on any atom is -0.871 e. The first-order valence-electron chi connectivity index (χ1n) is 9.07. The van der Waals surface area contributed by atoms with E-state index in [0.29, 0.717) is 23.2 Å². The maximum atomic E-state index is 13.5. The number of hydrogen-bond acceptors (Lipinski definition) is 5. The molecule has 6 nitrogen and oxygen atoms in total. The van der Waals surface area contributed by atoms with E-state index in [1.807, 2.05) is 6.92 Å². The van der Waals surface area contributed by atoms with Gasteiger partial charge in [0.05, 0.1) is 16.7 Å². The van der Waals surface area contributed by atoms with Crippen LogP contribution in [0.4, 0.5) is 5.69 Å². The molecule has 0 saturated heterocycles. The number of benzene rings is 2. The van der Waals surface area contributed by atoms with Gasteiger partial charge in [-0.3, -0.25) is 4.79 Å². The van der Waals surface area contributed by atoms with Crippen LogP contribution in [0, 0.1) is 0 Å². The second-order valence-corrected chi connectivity index (χ2v) is 8.77. The fourth-order valence-electron chi connectivity index (χ4n) is 3.98. The fraction of sp³-hybridized carbons (Fsp3) is 0.238. The van der Waals surface area contributed by atoms with Crippen LogP contribution in [0.15, 0.2) is 63.4 Å². The first-order chi connectivity index (χ1) is 13.3. The van der Waals surface area contributed by atoms with E-state index in [9.17, 15) is 18.3 Å². The minimum absolute atomic E-state index is 0. The van der Waals surface area contributed by atoms with E-state index >= 15 is 0 Å². The van der Waals surface area contributed by atoms with Crippen molar-refractivity contribution in [2.24, 2.45) is 4.40 Å². The van der Waals surface area contributed by atoms with Gasteiger partial charge in [0.1, 0.15) is 4.90 Å². The summed E-state index contributed by atoms with van der Waals surface area (Å²) < 4.78 is 29.0. The predicted molar refractivity (Wildman–Crippen MR) is 105 cm³/mol. The minimum atomic E-state index is -4.01. The Bertz CT molecular complexity index is 1170. The smallest absolute Gasteiger partial charge is 0.871 e. The first kappa shape index (κ1) is 21.8. The van der Waals surface area contributed by atoms with Crippen molar-refractivity contribution in [2.75, 3.05) is 5.32 Å². The third-order valence-electron chi connectivity index (χ3n) is 5.34. The monoisotopic (exact) mass is 418 g/mol. The average Bonchev–Trinajstić information content (AvgIpc) is 2.67. The van der Waals surface area contributed by atoms with Gasteiger partial charge in [-0.15, -0.1) is 4.40 Å². The number of rotatable bonds is 3. The molecule has 1 N–H and O–H groups in total. The zero-order valence-corrected chi connectivity index (χ0v) is 19.3. The molecule has 2 aromatic rings. The summed E-state index contributed by atoms with van der Waals surface area (Å²) >= 11 is 0. The normalized spacial score (nSPS) is 22.0. The van der Waals surface area contributed by atoms with E-state index < -0.39 is 27.0 Å². The van der Waals surface area contributed by atoms with Gasteiger partial charge in [0.2, 0.25) is 0 Å². The van der Waals surface area contributed by atoms with Crippen LogP contribution >= 0.6 is 0 Å². The van der Waals surface area contributed by atoms with Crippen molar-refractivity contribution in [3.63, 3.8) is 0 Å². The van der Waals surface area contributed by atoms with Crippen LogP contribution in [0.5, 0.6) is 0 Å². The second-order valence-electron chi connectivity index (χ2n) is 7.20. The Kier molecular flexibility index (Phi) is 5.80. The largest absolute Gasteiger partial charge is 1.00 e. The average molecular weight is 418 g/mol. The van der Waals surface area contributed by atoms with Crippen molar-refractivity contribution in [3.05, 3.63) is 65.2 Å². The van der Waals surface area contributed by atoms with Crippen molar-refractivity contribution in [1.29, 1.82) is 0 Å². The van der Waals surface area contributed by atoms with Crippen molar-refractivity contribution >= 4 is 33.1 Å². The number of anilines is 1. The van der Waals surface area contributed by atoms with Gasteiger partial charge in [0, 0.05) is 0 Å². The molecule has 8 heteroatoms. The van der Waals surface area contributed by atoms with Crippen LogP contribution in [0.3, 0.4) is 0 Å². The summed E-state index contributed by atoms with van der Waals surface area (Å²) in [6.45, 7) is 3.77. The number of para-hydroxylation sites is 1. The number of amidine groups is 1. The molecule has 2 aromatic carbocycles. The summed E-state index contributed by atoms with van der Waals surface area (Å²) in [5, 5.41) is 16.1. The number of fused-ring (bicyclic) bond motifs is 2. The Morgan fingerprint density at radius 1 is 1.10 bits per heavy atom. The summed E-state index contributed by atoms with van der Waals surface area (Å²) in [7, 11) is -4.01. The van der Waals surface area contributed by atoms with Crippen molar-refractivity contribution < 1.29 is 47.9 Å². The third-order valence-corrected chi connectivity index (χ3v) is 6.67. The SMILES string of the molecule is CCCC1(C)C(=O)C(C2=NS(=O)(=O)c3ccccc3N2)=C([O-])c2ccccc21.[Na+]. The maximum absolute atomic E-state index is 13.5. The molecule has 2 aliphatic rings. The number of carbonyl (C=O) groups is 1. The van der Waals surface area contributed by atoms with Gasteiger partial charge < -0.3 is 10.4 Å². The van der Waals surface area contributed by atoms with Gasteiger partial charge in [-0.05, 0) is 36.6 Å². The van der Waals surface area contributed by atoms with Crippen molar-refractivity contribution in [3.8, 4) is 0 Å². The summed E-state index contributed by atoms with van der Waals surface area (Å²) in [5.41, 5.74) is 0.271. The molecule has 1 heterocycles. The van der Waals surface area contributed by atoms with Crippen molar-refractivity contribution in [2.45, 2.75) is 37.0 Å². The van der Waals surface area contributed by atoms with E-state index in [0.717, 1.165) is 6.42 Å². The van der Waals surface area contributed by atoms with Gasteiger partial charge in [-0.2, -0.15) is 8.42 Å². The van der Waals surface area contributed by atoms with Crippen LogP contribution in [-0.2, 0) is 20.2 Å². The molecule has 0 spiro atoms. The predicted octanol–water partition coefficient (Wildman–Crippen LogP) is -0.385. The molecule has 0 bridgehead atoms. The molecule has 144 valence electrons. The molecule has 0 radical (unpaired) electrons. The zero-order valence-electron chi connectivity index (χ0n) is 16.5. The molecule has 1 unspecified atom stereocenters. The molecule has 1 aliphatic heterocycles. The topological polar surface area (TPSA) is 98.7 Å². The zero-order chi connectivity index (χ0) is 20.1. The number of Topliss-reactive ketones (excluding diaryl/α,β-unsaturated/α-hetero) is 1. The Hall–Kier alpha value is -1.93. The Balaban J connectivity index is 0.00000240. The van der Waals surface area contributed by atoms with Gasteiger partial charge in [0.15, 0.2) is 11.6 Å². The van der Waals surface area contributed by atoms with Crippen LogP contribution in [0.2, 0.25) is 0 Å². The number of sulfonamides is 1. The van der Waals surface area contributed by atoms with Crippen LogP contribution in [0.1, 0.15) is 37.8 Å². The number of carbonyl (C=O) groups excluding carboxylic acids is 1. The summed E-state index contributed by atoms with van der Waals surface area (Å²) in [6.07, 6.45) is 1.27. The Labute approximate surface area is 192 Å². The third kappa shape index (κ3) is 3.36. The quantitative estimate of drug-likeness (QED) is 0.685. The molecule has 0 saturated carbocycles. The van der Waals surface area contributed by atoms with Crippen LogP contribution < -0.4 is 40.0 Å². The van der Waals surface area contributed by atoms with E-state index in [4.69, 9.17) is 0 Å². The van der Waals surface area contributed by atoms with Crippen molar-refractivity contribution in [1.82, 2.24) is 0 Å². The number of hydrogen-bond donors (Lipinski definition) is 1. The van der Waals surface area contributed by atoms with E-state index in [2.05, 4.69) is 9.71 Å². The Morgan fingerprint density at radius 2 is 1.76 bits per heavy atom. The molecule has 0 fully saturated rings. The number of ketones is 1. The molecular weight excluding hydrogens is 399 g/mol. The van der Waals surface area contributed by atoms with Crippen LogP contribution in [0.25, 0.3) is 5.76 Å². The molecule has 29 heavy (non-hydrogen) atoms. The standard InChI is InChI=1S/C21H20N2O4S.Na/c1-3-12-21(2)14-9-5-4-8-13(14)18(24)17(19(21)25)20-22-15-10-6-7-11-16(15)28(26,27)23-20;/h4-11,24H,3,12H2,1-2H3,(H,22,23);/q;+1/p-1. The maximum Gasteiger partial charge on any atom is 1.00 e. The first-order valence-corrected chi connectivity index (χ1v) is 10.5. The molecule has 1 aliphatic carbocycles. The van der Waals surface area contributed by atoms with Gasteiger partial charge in [-0.1, -0.05) is 55.5 Å². The molecule has 0 aromatic heterocycles. The van der Waals surface area contributed by atoms with Gasteiger partial charge in [0.25, 0.3) is 10.0 Å². The van der Waals surface area contributed by atoms with Gasteiger partial charge >= 0.3 is 29.6 Å². The number of nitrogens with one attached hydrogen (secondary N) is 1. The van der Waals surface area contributed by atoms with E-state index in [1.165, 1.54) is 6.07 Å². The summed E-state index contributed by atoms with van der Waals surface area (Å²) in [4.78, 5) is 13.5. The molecule has 0 amide bonds. The van der Waals surface area contributed by atoms with E-state index in [1.54, 1.807) is 49.4 Å². The van der Waals surface area contributed by atoms with Crippen LogP contribution in [-0.4, -0.2) is 20.0 Å². The molecule has 1 atom stereocenters. The van der Waals surface area contributed by atoms with Gasteiger partial charge in [-0.25, -0.2) is 0 Å².